The van der Waals surface area contributed by atoms with Crippen LogP contribution < -0.4 is 10.6 Å². The lowest BCUT2D eigenvalue weighted by Gasteiger charge is -2.54. The molecule has 1 heterocycles. The number of ether oxygens (including phenoxy) is 1. The van der Waals surface area contributed by atoms with E-state index in [0.717, 1.165) is 32.5 Å². The Kier molecular flexibility index (Phi) is 4.97. The highest BCUT2D eigenvalue weighted by Crippen LogP contribution is 2.59. The van der Waals surface area contributed by atoms with Gasteiger partial charge in [-0.1, -0.05) is 12.8 Å². The summed E-state index contributed by atoms with van der Waals surface area (Å²) < 4.78 is 5.95. The molecular formula is C18H31ClN2O2. The van der Waals surface area contributed by atoms with E-state index in [2.05, 4.69) is 17.6 Å². The minimum atomic E-state index is 0. The van der Waals surface area contributed by atoms with E-state index in [1.165, 1.54) is 38.5 Å². The van der Waals surface area contributed by atoms with Gasteiger partial charge in [-0.25, -0.2) is 0 Å². The first-order chi connectivity index (χ1) is 10.7. The van der Waals surface area contributed by atoms with Crippen LogP contribution in [0.25, 0.3) is 0 Å². The number of halogens is 1. The lowest BCUT2D eigenvalue weighted by atomic mass is 9.60. The van der Waals surface area contributed by atoms with Crippen LogP contribution in [0.3, 0.4) is 0 Å². The molecule has 2 spiro atoms. The molecule has 0 bridgehead atoms. The summed E-state index contributed by atoms with van der Waals surface area (Å²) in [7, 11) is 0. The Balaban J connectivity index is 0.00000156. The van der Waals surface area contributed by atoms with Gasteiger partial charge < -0.3 is 15.4 Å². The zero-order chi connectivity index (χ0) is 15.2. The van der Waals surface area contributed by atoms with Crippen molar-refractivity contribution >= 4 is 18.3 Å². The summed E-state index contributed by atoms with van der Waals surface area (Å²) in [5.41, 5.74) is 0.614. The molecule has 0 radical (unpaired) electrons. The minimum Gasteiger partial charge on any atom is -0.378 e. The number of hydrogen-bond donors (Lipinski definition) is 2. The number of carbonyl (C=O) groups is 1. The fourth-order valence-corrected chi connectivity index (χ4v) is 5.56. The lowest BCUT2D eigenvalue weighted by molar-refractivity contribution is -0.145. The van der Waals surface area contributed by atoms with Crippen molar-refractivity contribution in [2.75, 3.05) is 19.7 Å². The van der Waals surface area contributed by atoms with Crippen molar-refractivity contribution in [2.45, 2.75) is 70.4 Å². The molecule has 4 fully saturated rings. The van der Waals surface area contributed by atoms with E-state index in [-0.39, 0.29) is 17.8 Å². The number of carbonyl (C=O) groups excluding carboxylic acids is 1. The van der Waals surface area contributed by atoms with E-state index in [0.29, 0.717) is 29.4 Å². The average molecular weight is 343 g/mol. The maximum absolute atomic E-state index is 12.7. The standard InChI is InChI=1S/C18H30N2O2.ClH/c1-2-22-15-11-14(18(15)5-3-4-6-18)20-16(21)13-12-17(13)7-9-19-10-8-17;/h13-15,19H,2-12H2,1H3,(H,20,21);1H. The topological polar surface area (TPSA) is 50.4 Å². The number of piperidine rings is 1. The Labute approximate surface area is 145 Å². The van der Waals surface area contributed by atoms with Gasteiger partial charge >= 0.3 is 0 Å². The van der Waals surface area contributed by atoms with Gasteiger partial charge in [0.15, 0.2) is 0 Å². The summed E-state index contributed by atoms with van der Waals surface area (Å²) in [6, 6.07) is 0.374. The van der Waals surface area contributed by atoms with Crippen LogP contribution >= 0.6 is 12.4 Å². The van der Waals surface area contributed by atoms with Crippen LogP contribution in [0.15, 0.2) is 0 Å². The van der Waals surface area contributed by atoms with Crippen LogP contribution in [0.1, 0.15) is 58.3 Å². The van der Waals surface area contributed by atoms with Gasteiger partial charge in [0, 0.05) is 24.0 Å². The van der Waals surface area contributed by atoms with Crippen molar-refractivity contribution in [1.82, 2.24) is 10.6 Å². The first kappa shape index (κ1) is 17.5. The molecular weight excluding hydrogens is 312 g/mol. The van der Waals surface area contributed by atoms with Crippen LogP contribution in [-0.2, 0) is 9.53 Å². The Hall–Kier alpha value is -0.320. The van der Waals surface area contributed by atoms with Crippen molar-refractivity contribution in [1.29, 1.82) is 0 Å². The van der Waals surface area contributed by atoms with Crippen molar-refractivity contribution in [3.8, 4) is 0 Å². The van der Waals surface area contributed by atoms with E-state index < -0.39 is 0 Å². The second-order valence-corrected chi connectivity index (χ2v) is 8.05. The molecule has 4 rings (SSSR count). The largest absolute Gasteiger partial charge is 0.378 e. The minimum absolute atomic E-state index is 0. The van der Waals surface area contributed by atoms with Gasteiger partial charge in [-0.05, 0) is 64.0 Å². The van der Waals surface area contributed by atoms with Crippen molar-refractivity contribution in [3.05, 3.63) is 0 Å². The monoisotopic (exact) mass is 342 g/mol. The molecule has 2 N–H and O–H groups in total. The third-order valence-electron chi connectivity index (χ3n) is 7.11. The first-order valence-corrected chi connectivity index (χ1v) is 9.33. The molecule has 3 saturated carbocycles. The molecule has 0 aromatic heterocycles. The summed E-state index contributed by atoms with van der Waals surface area (Å²) in [4.78, 5) is 12.7. The molecule has 1 aliphatic heterocycles. The average Bonchev–Trinajstić information content (AvgIpc) is 3.00. The SMILES string of the molecule is CCOC1CC(NC(=O)C2CC23CCNCC3)C12CCCC2.Cl. The summed E-state index contributed by atoms with van der Waals surface area (Å²) in [5, 5.41) is 6.85. The van der Waals surface area contributed by atoms with Crippen LogP contribution in [0.5, 0.6) is 0 Å². The number of nitrogens with one attached hydrogen (secondary N) is 2. The molecule has 4 nitrogen and oxygen atoms in total. The van der Waals surface area contributed by atoms with Gasteiger partial charge in [-0.3, -0.25) is 4.79 Å². The fourth-order valence-electron chi connectivity index (χ4n) is 5.56. The van der Waals surface area contributed by atoms with Gasteiger partial charge in [0.25, 0.3) is 0 Å². The van der Waals surface area contributed by atoms with Crippen LogP contribution in [0.2, 0.25) is 0 Å². The summed E-state index contributed by atoms with van der Waals surface area (Å²) >= 11 is 0. The molecule has 5 heteroatoms. The smallest absolute Gasteiger partial charge is 0.223 e. The van der Waals surface area contributed by atoms with Gasteiger partial charge in [-0.15, -0.1) is 12.4 Å². The van der Waals surface area contributed by atoms with Crippen LogP contribution in [0, 0.1) is 16.7 Å². The molecule has 1 amide bonds. The molecule has 0 aromatic rings. The Morgan fingerprint density at radius 2 is 1.91 bits per heavy atom. The zero-order valence-electron chi connectivity index (χ0n) is 14.2. The van der Waals surface area contributed by atoms with Crippen molar-refractivity contribution in [2.24, 2.45) is 16.7 Å². The molecule has 132 valence electrons. The van der Waals surface area contributed by atoms with Gasteiger partial charge in [0.1, 0.15) is 0 Å². The normalized spacial score (nSPS) is 36.3. The summed E-state index contributed by atoms with van der Waals surface area (Å²) in [5.74, 6) is 0.632. The predicted molar refractivity (Wildman–Crippen MR) is 92.8 cm³/mol. The highest BCUT2D eigenvalue weighted by atomic mass is 35.5. The second kappa shape index (κ2) is 6.53. The third kappa shape index (κ3) is 2.81. The van der Waals surface area contributed by atoms with E-state index in [1.807, 2.05) is 0 Å². The maximum atomic E-state index is 12.7. The quantitative estimate of drug-likeness (QED) is 0.825. The first-order valence-electron chi connectivity index (χ1n) is 9.33. The van der Waals surface area contributed by atoms with E-state index in [9.17, 15) is 4.79 Å². The highest BCUT2D eigenvalue weighted by molar-refractivity contribution is 5.85. The van der Waals surface area contributed by atoms with Crippen LogP contribution in [-0.4, -0.2) is 37.7 Å². The van der Waals surface area contributed by atoms with Gasteiger partial charge in [0.2, 0.25) is 5.91 Å². The lowest BCUT2D eigenvalue weighted by Crippen LogP contribution is -2.64. The molecule has 4 aliphatic rings. The Morgan fingerprint density at radius 3 is 2.57 bits per heavy atom. The Morgan fingerprint density at radius 1 is 1.22 bits per heavy atom. The third-order valence-corrected chi connectivity index (χ3v) is 7.11. The Bertz CT molecular complexity index is 444. The van der Waals surface area contributed by atoms with E-state index in [1.54, 1.807) is 0 Å². The number of hydrogen-bond acceptors (Lipinski definition) is 3. The number of rotatable bonds is 4. The molecule has 23 heavy (non-hydrogen) atoms. The maximum Gasteiger partial charge on any atom is 0.223 e. The van der Waals surface area contributed by atoms with Crippen LogP contribution in [0.4, 0.5) is 0 Å². The van der Waals surface area contributed by atoms with E-state index in [4.69, 9.17) is 4.74 Å². The zero-order valence-corrected chi connectivity index (χ0v) is 15.1. The predicted octanol–water partition coefficient (Wildman–Crippen LogP) is 2.65. The fraction of sp³-hybridized carbons (Fsp3) is 0.944. The van der Waals surface area contributed by atoms with Gasteiger partial charge in [0.05, 0.1) is 6.10 Å². The number of amides is 1. The molecule has 3 unspecified atom stereocenters. The summed E-state index contributed by atoms with van der Waals surface area (Å²) in [6.45, 7) is 5.05. The molecule has 3 atom stereocenters. The summed E-state index contributed by atoms with van der Waals surface area (Å²) in [6.07, 6.45) is 9.98. The molecule has 1 saturated heterocycles. The second-order valence-electron chi connectivity index (χ2n) is 8.05. The van der Waals surface area contributed by atoms with Crippen molar-refractivity contribution in [3.63, 3.8) is 0 Å². The highest BCUT2D eigenvalue weighted by Gasteiger charge is 2.61. The molecule has 3 aliphatic carbocycles. The van der Waals surface area contributed by atoms with E-state index >= 15 is 0 Å². The van der Waals surface area contributed by atoms with Crippen molar-refractivity contribution < 1.29 is 9.53 Å². The molecule has 0 aromatic carbocycles. The van der Waals surface area contributed by atoms with Gasteiger partial charge in [-0.2, -0.15) is 0 Å².